The number of aliphatic hydroxyl groups is 1. The second-order valence-electron chi connectivity index (χ2n) is 10.3. The van der Waals surface area contributed by atoms with E-state index in [-0.39, 0.29) is 64.3 Å². The molecule has 43 heavy (non-hydrogen) atoms. The summed E-state index contributed by atoms with van der Waals surface area (Å²) in [6, 6.07) is 9.16. The number of aromatic hydroxyl groups is 1. The molecule has 0 fully saturated rings. The van der Waals surface area contributed by atoms with Gasteiger partial charge in [-0.25, -0.2) is 0 Å². The normalized spacial score (nSPS) is 20.1. The molecule has 12 heteroatoms. The van der Waals surface area contributed by atoms with Gasteiger partial charge in [-0.05, 0) is 29.8 Å². The number of hydrogen-bond donors (Lipinski definition) is 3. The molecule has 0 saturated heterocycles. The molecule has 2 aliphatic rings. The van der Waals surface area contributed by atoms with Gasteiger partial charge in [0.15, 0.2) is 28.8 Å². The van der Waals surface area contributed by atoms with Gasteiger partial charge in [-0.3, -0.25) is 14.4 Å². The Morgan fingerprint density at radius 3 is 2.47 bits per heavy atom. The lowest BCUT2D eigenvalue weighted by Crippen LogP contribution is -2.53. The largest absolute Gasteiger partial charge is 0.507 e. The maximum atomic E-state index is 14.2. The van der Waals surface area contributed by atoms with Crippen molar-refractivity contribution < 1.29 is 48.0 Å². The molecule has 1 spiro atoms. The van der Waals surface area contributed by atoms with Gasteiger partial charge in [0, 0.05) is 36.3 Å². The third kappa shape index (κ3) is 4.93. The number of carbonyl (C=O) groups excluding carboxylic acids is 3. The first-order valence-corrected chi connectivity index (χ1v) is 13.8. The average Bonchev–Trinajstić information content (AvgIpc) is 3.62. The van der Waals surface area contributed by atoms with Crippen LogP contribution in [0, 0.1) is 5.92 Å². The molecule has 11 nitrogen and oxygen atoms in total. The van der Waals surface area contributed by atoms with Crippen LogP contribution in [0.15, 0.2) is 58.4 Å². The van der Waals surface area contributed by atoms with Gasteiger partial charge in [-0.1, -0.05) is 24.6 Å². The number of halogens is 1. The Morgan fingerprint density at radius 1 is 1.09 bits per heavy atom. The van der Waals surface area contributed by atoms with Crippen LogP contribution in [-0.4, -0.2) is 54.6 Å². The number of nitrogens with one attached hydrogen (secondary N) is 1. The van der Waals surface area contributed by atoms with Gasteiger partial charge >= 0.3 is 0 Å². The first-order valence-electron chi connectivity index (χ1n) is 13.4. The summed E-state index contributed by atoms with van der Waals surface area (Å²) in [5, 5.41) is 24.9. The zero-order chi connectivity index (χ0) is 31.1. The molecule has 2 aromatic carbocycles. The highest BCUT2D eigenvalue weighted by Gasteiger charge is 2.61. The molecule has 1 amide bonds. The minimum atomic E-state index is -2.03. The minimum absolute atomic E-state index is 0.000516. The quantitative estimate of drug-likeness (QED) is 0.305. The Kier molecular flexibility index (Phi) is 8.02. The van der Waals surface area contributed by atoms with Crippen LogP contribution in [-0.2, 0) is 16.1 Å². The fraction of sp³-hybridized carbons (Fsp3) is 0.323. The third-order valence-corrected chi connectivity index (χ3v) is 8.25. The number of hydrogen-bond acceptors (Lipinski definition) is 10. The number of furan rings is 1. The maximum Gasteiger partial charge on any atom is 0.231 e. The van der Waals surface area contributed by atoms with Crippen LogP contribution in [0.1, 0.15) is 47.4 Å². The highest BCUT2D eigenvalue weighted by atomic mass is 35.5. The molecule has 1 aliphatic carbocycles. The fourth-order valence-electron chi connectivity index (χ4n) is 5.69. The van der Waals surface area contributed by atoms with E-state index in [4.69, 9.17) is 35.0 Å². The summed E-state index contributed by atoms with van der Waals surface area (Å²) in [4.78, 5) is 41.1. The number of phenols is 1. The van der Waals surface area contributed by atoms with Gasteiger partial charge in [0.05, 0.1) is 34.1 Å². The molecule has 1 aromatic heterocycles. The SMILES string of the molecule is COc1cc(C(CC(=O)NCc2ccco2)C2=C(O)[C@@]3(Oc4c(Cl)c(OC)cc(OC)c4C3=O)[C@H](C)CC2=O)ccc1O. The first kappa shape index (κ1) is 29.8. The van der Waals surface area contributed by atoms with Gasteiger partial charge < -0.3 is 38.9 Å². The van der Waals surface area contributed by atoms with E-state index in [0.717, 1.165) is 0 Å². The van der Waals surface area contributed by atoms with Crippen molar-refractivity contribution in [3.63, 3.8) is 0 Å². The molecule has 0 bridgehead atoms. The molecular weight excluding hydrogens is 582 g/mol. The Hall–Kier alpha value is -4.64. The second-order valence-corrected chi connectivity index (χ2v) is 10.7. The van der Waals surface area contributed by atoms with Crippen LogP contribution >= 0.6 is 11.6 Å². The number of amides is 1. The molecule has 3 N–H and O–H groups in total. The van der Waals surface area contributed by atoms with Gasteiger partial charge in [-0.15, -0.1) is 0 Å². The van der Waals surface area contributed by atoms with Crippen LogP contribution in [0.2, 0.25) is 5.02 Å². The molecule has 1 aliphatic heterocycles. The number of ether oxygens (including phenoxy) is 4. The number of allylic oxidation sites excluding steroid dienone is 1. The number of methoxy groups -OCH3 is 3. The highest BCUT2D eigenvalue weighted by Crippen LogP contribution is 2.56. The van der Waals surface area contributed by atoms with Gasteiger partial charge in [0.2, 0.25) is 17.3 Å². The summed E-state index contributed by atoms with van der Waals surface area (Å²) in [6.07, 6.45) is 0.990. The lowest BCUT2D eigenvalue weighted by molar-refractivity contribution is -0.122. The molecule has 226 valence electrons. The predicted molar refractivity (Wildman–Crippen MR) is 153 cm³/mol. The molecule has 5 rings (SSSR count). The fourth-order valence-corrected chi connectivity index (χ4v) is 5.96. The number of phenolic OH excluding ortho intramolecular Hbond substituents is 1. The number of Topliss-reactive ketones (excluding diaryl/α,β-unsaturated/α-hetero) is 2. The van der Waals surface area contributed by atoms with Gasteiger partial charge in [0.25, 0.3) is 0 Å². The maximum absolute atomic E-state index is 14.2. The molecule has 1 unspecified atom stereocenters. The Labute approximate surface area is 251 Å². The van der Waals surface area contributed by atoms with Gasteiger partial charge in [-0.2, -0.15) is 0 Å². The summed E-state index contributed by atoms with van der Waals surface area (Å²) >= 11 is 6.54. The van der Waals surface area contributed by atoms with Crippen molar-refractivity contribution in [1.29, 1.82) is 0 Å². The van der Waals surface area contributed by atoms with E-state index < -0.39 is 40.7 Å². The number of fused-ring (bicyclic) bond motifs is 1. The predicted octanol–water partition coefficient (Wildman–Crippen LogP) is 4.89. The Bertz CT molecular complexity index is 1630. The van der Waals surface area contributed by atoms with E-state index in [9.17, 15) is 24.6 Å². The zero-order valence-electron chi connectivity index (χ0n) is 23.9. The topological polar surface area (TPSA) is 154 Å². The molecule has 0 saturated carbocycles. The summed E-state index contributed by atoms with van der Waals surface area (Å²) in [7, 11) is 4.12. The van der Waals surface area contributed by atoms with Crippen molar-refractivity contribution in [3.8, 4) is 28.7 Å². The Balaban J connectivity index is 1.64. The standard InChI is InChI=1S/C31H30ClNO10/c1-15-10-20(35)25(29(37)31(15)30(38)26-22(40-3)13-23(41-4)27(32)28(26)43-31)18(16-7-8-19(34)21(11-16)39-2)12-24(36)33-14-17-6-5-9-42-17/h5-9,11,13,15,18,34,37H,10,12,14H2,1-4H3,(H,33,36)/t15-,18?,31+/m1/s1. The highest BCUT2D eigenvalue weighted by molar-refractivity contribution is 6.35. The second kappa shape index (κ2) is 11.6. The van der Waals surface area contributed by atoms with Crippen LogP contribution < -0.4 is 24.3 Å². The van der Waals surface area contributed by atoms with Crippen molar-refractivity contribution in [3.05, 3.63) is 75.9 Å². The average molecular weight is 612 g/mol. The molecule has 2 heterocycles. The van der Waals surface area contributed by atoms with Crippen molar-refractivity contribution >= 4 is 29.1 Å². The minimum Gasteiger partial charge on any atom is -0.507 e. The lowest BCUT2D eigenvalue weighted by Gasteiger charge is -2.38. The van der Waals surface area contributed by atoms with Crippen molar-refractivity contribution in [2.45, 2.75) is 37.8 Å². The summed E-state index contributed by atoms with van der Waals surface area (Å²) in [5.41, 5.74) is -1.83. The van der Waals surface area contributed by atoms with Gasteiger partial charge in [0.1, 0.15) is 27.8 Å². The number of rotatable bonds is 9. The molecule has 0 radical (unpaired) electrons. The summed E-state index contributed by atoms with van der Waals surface area (Å²) in [5.74, 6) is -3.40. The van der Waals surface area contributed by atoms with Crippen molar-refractivity contribution in [1.82, 2.24) is 5.32 Å². The van der Waals surface area contributed by atoms with E-state index in [1.165, 1.54) is 51.9 Å². The molecule has 3 aromatic rings. The smallest absolute Gasteiger partial charge is 0.231 e. The summed E-state index contributed by atoms with van der Waals surface area (Å²) in [6.45, 7) is 1.70. The number of aliphatic hydroxyl groups excluding tert-OH is 1. The number of ketones is 2. The van der Waals surface area contributed by atoms with Crippen molar-refractivity contribution in [2.24, 2.45) is 5.92 Å². The molecule has 3 atom stereocenters. The van der Waals surface area contributed by atoms with Crippen molar-refractivity contribution in [2.75, 3.05) is 21.3 Å². The third-order valence-electron chi connectivity index (χ3n) is 7.90. The Morgan fingerprint density at radius 2 is 1.81 bits per heavy atom. The van der Waals surface area contributed by atoms with E-state index in [2.05, 4.69) is 5.32 Å². The lowest BCUT2D eigenvalue weighted by atomic mass is 9.69. The van der Waals surface area contributed by atoms with Crippen LogP contribution in [0.25, 0.3) is 0 Å². The van der Waals surface area contributed by atoms with E-state index in [1.807, 2.05) is 0 Å². The van der Waals surface area contributed by atoms with E-state index >= 15 is 0 Å². The van der Waals surface area contributed by atoms with E-state index in [0.29, 0.717) is 11.3 Å². The van der Waals surface area contributed by atoms with E-state index in [1.54, 1.807) is 19.1 Å². The van der Waals surface area contributed by atoms with Crippen LogP contribution in [0.5, 0.6) is 28.7 Å². The first-order chi connectivity index (χ1) is 20.6. The van der Waals surface area contributed by atoms with Crippen LogP contribution in [0.3, 0.4) is 0 Å². The molecular formula is C31H30ClNO10. The number of carbonyl (C=O) groups is 3. The summed E-state index contributed by atoms with van der Waals surface area (Å²) < 4.78 is 27.5. The zero-order valence-corrected chi connectivity index (χ0v) is 24.6. The number of benzene rings is 2. The van der Waals surface area contributed by atoms with Crippen LogP contribution in [0.4, 0.5) is 0 Å². The monoisotopic (exact) mass is 611 g/mol.